The van der Waals surface area contributed by atoms with Crippen molar-refractivity contribution in [2.75, 3.05) is 32.8 Å². The van der Waals surface area contributed by atoms with Gasteiger partial charge in [0.05, 0.1) is 26.9 Å². The number of nitrogens with zero attached hydrogens (tertiary/aromatic N) is 3. The minimum Gasteiger partial charge on any atom is -0.497 e. The van der Waals surface area contributed by atoms with Crippen LogP contribution in [0.5, 0.6) is 11.5 Å². The minimum absolute atomic E-state index is 0.119. The van der Waals surface area contributed by atoms with Crippen molar-refractivity contribution < 1.29 is 28.3 Å². The molecule has 294 valence electrons. The number of carbonyl (C=O) groups excluding carboxylic acids is 1. The van der Waals surface area contributed by atoms with Crippen LogP contribution in [0.25, 0.3) is 0 Å². The van der Waals surface area contributed by atoms with Gasteiger partial charge in [-0.3, -0.25) is 14.0 Å². The second kappa shape index (κ2) is 18.4. The highest BCUT2D eigenvalue weighted by Crippen LogP contribution is 2.47. The average molecular weight is 779 g/mol. The van der Waals surface area contributed by atoms with Crippen LogP contribution in [0.4, 0.5) is 5.82 Å². The van der Waals surface area contributed by atoms with Crippen molar-refractivity contribution in [3.8, 4) is 11.5 Å². The zero-order chi connectivity index (χ0) is 39.8. The molecule has 1 N–H and O–H groups in total. The first-order chi connectivity index (χ1) is 27.0. The summed E-state index contributed by atoms with van der Waals surface area (Å²) in [5, 5.41) is 2.72. The highest BCUT2D eigenvalue weighted by atomic mass is 31.2. The Balaban J connectivity index is 1.36. The Labute approximate surface area is 330 Å². The van der Waals surface area contributed by atoms with E-state index in [1.807, 2.05) is 72.8 Å². The molecule has 0 aliphatic carbocycles. The topological polar surface area (TPSA) is 113 Å². The first-order valence-electron chi connectivity index (χ1n) is 18.8. The summed E-state index contributed by atoms with van der Waals surface area (Å²) in [4.78, 5) is 30.6. The number of carbonyl (C=O) groups is 1. The molecular weight excluding hydrogens is 727 g/mol. The molecule has 11 nitrogen and oxygen atoms in total. The summed E-state index contributed by atoms with van der Waals surface area (Å²) < 4.78 is 35.8. The van der Waals surface area contributed by atoms with Crippen molar-refractivity contribution in [3.63, 3.8) is 0 Å². The molecule has 2 heterocycles. The van der Waals surface area contributed by atoms with E-state index in [1.54, 1.807) is 50.7 Å². The third-order valence-electron chi connectivity index (χ3n) is 9.91. The fraction of sp³-hybridized carbons (Fsp3) is 0.341. The van der Waals surface area contributed by atoms with Crippen LogP contribution in [-0.4, -0.2) is 71.9 Å². The first-order valence-corrected chi connectivity index (χ1v) is 20.5. The highest BCUT2D eigenvalue weighted by molar-refractivity contribution is 7.49. The number of hydrogen-bond donors (Lipinski definition) is 1. The summed E-state index contributed by atoms with van der Waals surface area (Å²) in [5.74, 6) is 1.24. The van der Waals surface area contributed by atoms with E-state index in [0.717, 1.165) is 28.2 Å². The molecule has 0 saturated carbocycles. The van der Waals surface area contributed by atoms with E-state index < -0.39 is 38.0 Å². The Morgan fingerprint density at radius 3 is 1.89 bits per heavy atom. The van der Waals surface area contributed by atoms with Crippen LogP contribution in [0.15, 0.2) is 126 Å². The summed E-state index contributed by atoms with van der Waals surface area (Å²) in [7, 11) is 2.23. The molecule has 1 aliphatic heterocycles. The predicted molar refractivity (Wildman–Crippen MR) is 220 cm³/mol. The van der Waals surface area contributed by atoms with Crippen LogP contribution < -0.4 is 20.5 Å². The highest BCUT2D eigenvalue weighted by Gasteiger charge is 2.44. The maximum Gasteiger partial charge on any atom is 0.351 e. The Hall–Kier alpha value is -4.90. The van der Waals surface area contributed by atoms with Gasteiger partial charge >= 0.3 is 5.69 Å². The first kappa shape index (κ1) is 40.8. The van der Waals surface area contributed by atoms with Gasteiger partial charge in [0, 0.05) is 30.3 Å². The number of aromatic nitrogens is 2. The van der Waals surface area contributed by atoms with E-state index in [1.165, 1.54) is 4.57 Å². The second-order valence-electron chi connectivity index (χ2n) is 14.2. The lowest BCUT2D eigenvalue weighted by molar-refractivity contribution is -0.0913. The lowest BCUT2D eigenvalue weighted by atomic mass is 9.80. The summed E-state index contributed by atoms with van der Waals surface area (Å²) >= 11 is 0. The number of anilines is 1. The molecule has 6 rings (SSSR count). The van der Waals surface area contributed by atoms with Gasteiger partial charge in [-0.05, 0) is 93.5 Å². The summed E-state index contributed by atoms with van der Waals surface area (Å²) in [6.07, 6.45) is 0.282. The van der Waals surface area contributed by atoms with E-state index in [2.05, 4.69) is 61.5 Å². The normalized spacial score (nSPS) is 17.6. The Morgan fingerprint density at radius 1 is 0.839 bits per heavy atom. The molecule has 5 aromatic rings. The zero-order valence-electron chi connectivity index (χ0n) is 33.0. The van der Waals surface area contributed by atoms with Crippen molar-refractivity contribution in [2.45, 2.75) is 70.2 Å². The molecule has 4 atom stereocenters. The van der Waals surface area contributed by atoms with Crippen LogP contribution in [0.3, 0.4) is 0 Å². The summed E-state index contributed by atoms with van der Waals surface area (Å²) in [5.41, 5.74) is 1.52. The van der Waals surface area contributed by atoms with Crippen LogP contribution >= 0.6 is 8.30 Å². The third kappa shape index (κ3) is 9.04. The minimum atomic E-state index is -1.08. The number of methoxy groups -OCH3 is 2. The second-order valence-corrected chi connectivity index (χ2v) is 15.8. The van der Waals surface area contributed by atoms with Crippen molar-refractivity contribution >= 4 is 20.0 Å². The molecule has 1 aliphatic rings. The van der Waals surface area contributed by atoms with Crippen molar-refractivity contribution in [1.82, 2.24) is 14.2 Å². The van der Waals surface area contributed by atoms with Gasteiger partial charge in [0.1, 0.15) is 43.5 Å². The SMILES string of the molecule is COc1ccc(C(OC[C@H]2O[C@@H](n3ccc(NC(=O)c4ccccc4)nc3=O)C[C@@H]2OP(C)N(C(C)C)C(C)C)(c2ccccc2)c2ccc(OC)cc2)cc1. The summed E-state index contributed by atoms with van der Waals surface area (Å²) in [6, 6.07) is 36.7. The fourth-order valence-electron chi connectivity index (χ4n) is 7.39. The molecule has 0 spiro atoms. The van der Waals surface area contributed by atoms with Gasteiger partial charge in [0.25, 0.3) is 5.91 Å². The van der Waals surface area contributed by atoms with Crippen LogP contribution in [0.2, 0.25) is 0 Å². The fourth-order valence-corrected chi connectivity index (χ4v) is 9.41. The maximum atomic E-state index is 13.6. The van der Waals surface area contributed by atoms with Crippen molar-refractivity contribution in [1.29, 1.82) is 0 Å². The Kier molecular flexibility index (Phi) is 13.4. The van der Waals surface area contributed by atoms with Gasteiger partial charge in [0.2, 0.25) is 0 Å². The number of rotatable bonds is 16. The van der Waals surface area contributed by atoms with Gasteiger partial charge in [-0.1, -0.05) is 72.8 Å². The lowest BCUT2D eigenvalue weighted by Crippen LogP contribution is -2.39. The molecule has 1 saturated heterocycles. The molecule has 1 fully saturated rings. The maximum absolute atomic E-state index is 13.6. The molecule has 4 aromatic carbocycles. The van der Waals surface area contributed by atoms with E-state index in [-0.39, 0.29) is 30.4 Å². The van der Waals surface area contributed by atoms with E-state index in [9.17, 15) is 9.59 Å². The molecule has 1 amide bonds. The van der Waals surface area contributed by atoms with E-state index in [4.69, 9.17) is 23.5 Å². The third-order valence-corrected chi connectivity index (χ3v) is 12.1. The van der Waals surface area contributed by atoms with E-state index in [0.29, 0.717) is 12.0 Å². The zero-order valence-corrected chi connectivity index (χ0v) is 33.9. The number of nitrogens with one attached hydrogen (secondary N) is 1. The van der Waals surface area contributed by atoms with Crippen LogP contribution in [-0.2, 0) is 19.6 Å². The number of hydrogen-bond acceptors (Lipinski definition) is 9. The Bertz CT molecular complexity index is 2020. The van der Waals surface area contributed by atoms with Crippen LogP contribution in [0.1, 0.15) is 67.4 Å². The van der Waals surface area contributed by atoms with Gasteiger partial charge in [-0.2, -0.15) is 4.98 Å². The molecule has 56 heavy (non-hydrogen) atoms. The quantitative estimate of drug-likeness (QED) is 0.0782. The van der Waals surface area contributed by atoms with Gasteiger partial charge in [-0.25, -0.2) is 4.79 Å². The smallest absolute Gasteiger partial charge is 0.351 e. The van der Waals surface area contributed by atoms with Crippen molar-refractivity contribution in [2.24, 2.45) is 0 Å². The monoisotopic (exact) mass is 778 g/mol. The van der Waals surface area contributed by atoms with Gasteiger partial charge in [0.15, 0.2) is 0 Å². The Morgan fingerprint density at radius 2 is 1.38 bits per heavy atom. The number of ether oxygens (including phenoxy) is 4. The molecular formula is C44H51N4O7P. The largest absolute Gasteiger partial charge is 0.497 e. The van der Waals surface area contributed by atoms with Gasteiger partial charge in [-0.15, -0.1) is 0 Å². The molecule has 0 radical (unpaired) electrons. The molecule has 1 unspecified atom stereocenters. The molecule has 1 aromatic heterocycles. The number of benzene rings is 4. The van der Waals surface area contributed by atoms with Crippen molar-refractivity contribution in [3.05, 3.63) is 154 Å². The predicted octanol–water partition coefficient (Wildman–Crippen LogP) is 8.25. The van der Waals surface area contributed by atoms with Gasteiger partial charge < -0.3 is 28.8 Å². The van der Waals surface area contributed by atoms with E-state index >= 15 is 0 Å². The number of amides is 1. The molecule has 12 heteroatoms. The average Bonchev–Trinajstić information content (AvgIpc) is 3.60. The lowest BCUT2D eigenvalue weighted by Gasteiger charge is -2.39. The standard InChI is InChI=1S/C44H51N4O7P/c1-30(2)48(31(3)4)56(7)55-38-28-41(47-27-26-40(46-43(47)50)45-42(49)32-14-10-8-11-15-32)54-39(38)29-53-44(33-16-12-9-13-17-33,34-18-22-36(51-5)23-19-34)35-20-24-37(52-6)25-21-35/h8-27,30-31,38-39,41H,28-29H2,1-7H3,(H,45,46,49,50)/t38-,39+,41+,56?/m0/s1. The molecule has 0 bridgehead atoms. The van der Waals surface area contributed by atoms with Crippen LogP contribution in [0, 0.1) is 0 Å². The summed E-state index contributed by atoms with van der Waals surface area (Å²) in [6.45, 7) is 10.9.